The predicted octanol–water partition coefficient (Wildman–Crippen LogP) is 0.877. The van der Waals surface area contributed by atoms with Crippen molar-refractivity contribution in [3.8, 4) is 0 Å². The van der Waals surface area contributed by atoms with Gasteiger partial charge in [0.1, 0.15) is 5.82 Å². The fourth-order valence-electron chi connectivity index (χ4n) is 1.40. The second-order valence-electron chi connectivity index (χ2n) is 3.23. The highest BCUT2D eigenvalue weighted by Gasteiger charge is 2.24. The maximum absolute atomic E-state index is 12.9. The second-order valence-corrected chi connectivity index (χ2v) is 3.23. The highest BCUT2D eigenvalue weighted by Crippen LogP contribution is 2.20. The van der Waals surface area contributed by atoms with Crippen molar-refractivity contribution in [3.05, 3.63) is 30.1 Å². The summed E-state index contributed by atoms with van der Waals surface area (Å²) in [5, 5.41) is 5.19. The Morgan fingerprint density at radius 1 is 1.53 bits per heavy atom. The normalized spacial score (nSPS) is 15.7. The Kier molecular flexibility index (Phi) is 2.47. The minimum atomic E-state index is -0.392. The first-order chi connectivity index (χ1) is 7.20. The van der Waals surface area contributed by atoms with Gasteiger partial charge in [0, 0.05) is 6.54 Å². The van der Waals surface area contributed by atoms with E-state index in [9.17, 15) is 9.18 Å². The van der Waals surface area contributed by atoms with Crippen LogP contribution >= 0.6 is 0 Å². The van der Waals surface area contributed by atoms with Gasteiger partial charge in [-0.25, -0.2) is 9.40 Å². The number of halogens is 1. The van der Waals surface area contributed by atoms with E-state index in [4.69, 9.17) is 5.73 Å². The lowest BCUT2D eigenvalue weighted by molar-refractivity contribution is -0.116. The molecule has 5 heteroatoms. The summed E-state index contributed by atoms with van der Waals surface area (Å²) in [6.45, 7) is 0.248. The van der Waals surface area contributed by atoms with Crippen LogP contribution in [0.2, 0.25) is 0 Å². The summed E-state index contributed by atoms with van der Waals surface area (Å²) in [4.78, 5) is 11.5. The van der Waals surface area contributed by atoms with Crippen LogP contribution in [0.4, 0.5) is 10.1 Å². The van der Waals surface area contributed by atoms with Crippen molar-refractivity contribution < 1.29 is 9.18 Å². The molecule has 1 aliphatic rings. The topological polar surface area (TPSA) is 58.7 Å². The van der Waals surface area contributed by atoms with Gasteiger partial charge in [0.25, 0.3) is 5.91 Å². The molecule has 1 aliphatic heterocycles. The number of carbonyl (C=O) groups is 1. The van der Waals surface area contributed by atoms with E-state index < -0.39 is 5.82 Å². The summed E-state index contributed by atoms with van der Waals surface area (Å²) in [6.07, 6.45) is 0.215. The smallest absolute Gasteiger partial charge is 0.253 e. The van der Waals surface area contributed by atoms with Crippen LogP contribution in [0.25, 0.3) is 0 Å². The lowest BCUT2D eigenvalue weighted by Gasteiger charge is -2.10. The molecule has 0 radical (unpaired) electrons. The maximum Gasteiger partial charge on any atom is 0.253 e. The van der Waals surface area contributed by atoms with E-state index >= 15 is 0 Å². The van der Waals surface area contributed by atoms with E-state index in [2.05, 4.69) is 5.10 Å². The van der Waals surface area contributed by atoms with Crippen molar-refractivity contribution in [2.24, 2.45) is 10.8 Å². The molecule has 0 fully saturated rings. The molecule has 1 heterocycles. The largest absolute Gasteiger partial charge is 0.325 e. The Bertz CT molecular complexity index is 430. The van der Waals surface area contributed by atoms with Crippen LogP contribution in [0.1, 0.15) is 6.42 Å². The van der Waals surface area contributed by atoms with E-state index in [1.807, 2.05) is 0 Å². The third-order valence-corrected chi connectivity index (χ3v) is 2.12. The molecule has 1 amide bonds. The van der Waals surface area contributed by atoms with Gasteiger partial charge in [0.2, 0.25) is 0 Å². The Morgan fingerprint density at radius 3 is 2.93 bits per heavy atom. The highest BCUT2D eigenvalue weighted by atomic mass is 19.1. The van der Waals surface area contributed by atoms with Crippen molar-refractivity contribution in [2.45, 2.75) is 6.42 Å². The molecule has 0 unspecified atom stereocenters. The predicted molar refractivity (Wildman–Crippen MR) is 55.0 cm³/mol. The molecular weight excluding hydrogens is 197 g/mol. The molecule has 0 aromatic heterocycles. The molecule has 2 N–H and O–H groups in total. The third kappa shape index (κ3) is 1.87. The zero-order chi connectivity index (χ0) is 10.8. The molecule has 0 saturated heterocycles. The standard InChI is InChI=1S/C10H10FN3O/c11-7-2-1-3-9(4-7)14-10(15)5-8(6-12)13-14/h1-4H,5-6,12H2. The molecule has 0 spiro atoms. The molecule has 4 nitrogen and oxygen atoms in total. The van der Waals surface area contributed by atoms with Crippen LogP contribution in [0, 0.1) is 5.82 Å². The van der Waals surface area contributed by atoms with Crippen LogP contribution < -0.4 is 10.7 Å². The number of hydrogen-bond acceptors (Lipinski definition) is 3. The average Bonchev–Trinajstić information content (AvgIpc) is 2.60. The van der Waals surface area contributed by atoms with E-state index in [-0.39, 0.29) is 18.9 Å². The number of carbonyl (C=O) groups excluding carboxylic acids is 1. The van der Waals surface area contributed by atoms with Gasteiger partial charge in [-0.15, -0.1) is 0 Å². The molecule has 0 atom stereocenters. The Morgan fingerprint density at radius 2 is 2.33 bits per heavy atom. The van der Waals surface area contributed by atoms with Crippen molar-refractivity contribution in [1.82, 2.24) is 0 Å². The van der Waals surface area contributed by atoms with Crippen molar-refractivity contribution >= 4 is 17.3 Å². The number of hydrogen-bond donors (Lipinski definition) is 1. The average molecular weight is 207 g/mol. The number of rotatable bonds is 2. The van der Waals surface area contributed by atoms with Crippen molar-refractivity contribution in [3.63, 3.8) is 0 Å². The number of amides is 1. The fraction of sp³-hybridized carbons (Fsp3) is 0.200. The molecular formula is C10H10FN3O. The maximum atomic E-state index is 12.9. The Balaban J connectivity index is 2.32. The Hall–Kier alpha value is -1.75. The van der Waals surface area contributed by atoms with E-state index in [0.717, 1.165) is 0 Å². The molecule has 0 aliphatic carbocycles. The molecule has 2 rings (SSSR count). The summed E-state index contributed by atoms with van der Waals surface area (Å²) in [6, 6.07) is 5.75. The summed E-state index contributed by atoms with van der Waals surface area (Å²) in [5.74, 6) is -0.572. The third-order valence-electron chi connectivity index (χ3n) is 2.12. The van der Waals surface area contributed by atoms with E-state index in [0.29, 0.717) is 11.4 Å². The van der Waals surface area contributed by atoms with Crippen LogP contribution in [-0.4, -0.2) is 18.2 Å². The molecule has 1 aromatic carbocycles. The van der Waals surface area contributed by atoms with Crippen LogP contribution in [0.5, 0.6) is 0 Å². The lowest BCUT2D eigenvalue weighted by atomic mass is 10.2. The zero-order valence-electron chi connectivity index (χ0n) is 7.98. The summed E-state index contributed by atoms with van der Waals surface area (Å²) in [5.41, 5.74) is 6.43. The SMILES string of the molecule is NCC1=NN(c2cccc(F)c2)C(=O)C1. The number of anilines is 1. The monoisotopic (exact) mass is 207 g/mol. The summed E-state index contributed by atoms with van der Waals surface area (Å²) < 4.78 is 12.9. The second kappa shape index (κ2) is 3.78. The number of nitrogens with zero attached hydrogens (tertiary/aromatic N) is 2. The van der Waals surface area contributed by atoms with Crippen molar-refractivity contribution in [1.29, 1.82) is 0 Å². The van der Waals surface area contributed by atoms with Crippen LogP contribution in [-0.2, 0) is 4.79 Å². The molecule has 0 saturated carbocycles. The molecule has 15 heavy (non-hydrogen) atoms. The number of hydrazone groups is 1. The highest BCUT2D eigenvalue weighted by molar-refractivity contribution is 6.13. The molecule has 0 bridgehead atoms. The van der Waals surface area contributed by atoms with Gasteiger partial charge < -0.3 is 5.73 Å². The van der Waals surface area contributed by atoms with Gasteiger partial charge in [-0.2, -0.15) is 5.10 Å². The van der Waals surface area contributed by atoms with Gasteiger partial charge in [-0.1, -0.05) is 6.07 Å². The lowest BCUT2D eigenvalue weighted by Crippen LogP contribution is -2.19. The van der Waals surface area contributed by atoms with Gasteiger partial charge in [-0.3, -0.25) is 4.79 Å². The van der Waals surface area contributed by atoms with Gasteiger partial charge >= 0.3 is 0 Å². The van der Waals surface area contributed by atoms with E-state index in [1.165, 1.54) is 23.2 Å². The number of benzene rings is 1. The van der Waals surface area contributed by atoms with Gasteiger partial charge in [0.15, 0.2) is 0 Å². The number of nitrogens with two attached hydrogens (primary N) is 1. The minimum absolute atomic E-state index is 0.180. The van der Waals surface area contributed by atoms with Crippen molar-refractivity contribution in [2.75, 3.05) is 11.6 Å². The first-order valence-electron chi connectivity index (χ1n) is 4.55. The fourth-order valence-corrected chi connectivity index (χ4v) is 1.40. The van der Waals surface area contributed by atoms with Gasteiger partial charge in [0.05, 0.1) is 17.8 Å². The first kappa shape index (κ1) is 9.79. The molecule has 78 valence electrons. The zero-order valence-corrected chi connectivity index (χ0v) is 7.98. The van der Waals surface area contributed by atoms with Gasteiger partial charge in [-0.05, 0) is 18.2 Å². The first-order valence-corrected chi connectivity index (χ1v) is 4.55. The van der Waals surface area contributed by atoms with E-state index in [1.54, 1.807) is 6.07 Å². The molecule has 1 aromatic rings. The minimum Gasteiger partial charge on any atom is -0.325 e. The quantitative estimate of drug-likeness (QED) is 0.782. The van der Waals surface area contributed by atoms with Crippen LogP contribution in [0.15, 0.2) is 29.4 Å². The van der Waals surface area contributed by atoms with Crippen LogP contribution in [0.3, 0.4) is 0 Å². The Labute approximate surface area is 86.2 Å². The summed E-state index contributed by atoms with van der Waals surface area (Å²) >= 11 is 0. The summed E-state index contributed by atoms with van der Waals surface area (Å²) in [7, 11) is 0.